The summed E-state index contributed by atoms with van der Waals surface area (Å²) in [4.78, 5) is 40.0. The first-order valence-electron chi connectivity index (χ1n) is 21.3. The number of nitrogens with zero attached hydrogens (tertiary/aromatic N) is 1. The van der Waals surface area contributed by atoms with Crippen molar-refractivity contribution in [1.29, 1.82) is 0 Å². The van der Waals surface area contributed by atoms with Crippen molar-refractivity contribution in [2.24, 2.45) is 0 Å². The molecular formula is C50H55F11N2O5. The highest BCUT2D eigenvalue weighted by Crippen LogP contribution is 2.34. The number of aliphatic carboxylic acids is 1. The summed E-state index contributed by atoms with van der Waals surface area (Å²) in [6.07, 6.45) is -7.01. The molecule has 0 spiro atoms. The molecule has 7 nitrogen and oxygen atoms in total. The monoisotopic (exact) mass is 972 g/mol. The molecule has 0 aliphatic carbocycles. The van der Waals surface area contributed by atoms with Crippen molar-refractivity contribution in [3.8, 4) is 0 Å². The number of rotatable bonds is 14. The van der Waals surface area contributed by atoms with Crippen molar-refractivity contribution in [2.75, 3.05) is 14.2 Å². The maximum atomic E-state index is 13.8. The summed E-state index contributed by atoms with van der Waals surface area (Å²) in [5.74, 6) is -3.42. The van der Waals surface area contributed by atoms with Gasteiger partial charge in [0.2, 0.25) is 5.91 Å². The highest BCUT2D eigenvalue weighted by Gasteiger charge is 2.33. The number of hydrogen-bond donors (Lipinski definition) is 2. The number of hydrogen-bond acceptors (Lipinski definition) is 4. The fourth-order valence-electron chi connectivity index (χ4n) is 6.43. The van der Waals surface area contributed by atoms with E-state index in [1.54, 1.807) is 6.92 Å². The predicted molar refractivity (Wildman–Crippen MR) is 238 cm³/mol. The summed E-state index contributed by atoms with van der Waals surface area (Å²) in [6, 6.07) is 11.6. The van der Waals surface area contributed by atoms with Crippen LogP contribution in [0.2, 0.25) is 0 Å². The third-order valence-corrected chi connectivity index (χ3v) is 10.3. The van der Waals surface area contributed by atoms with Crippen molar-refractivity contribution < 1.29 is 72.6 Å². The molecule has 0 heterocycles. The maximum Gasteiger partial charge on any atom is 0.416 e. The Morgan fingerprint density at radius 3 is 1.43 bits per heavy atom. The molecular weight excluding hydrogens is 918 g/mol. The SMILES string of the molecule is CCCc1cc(C(F)(F)F)ccc1/C=C(\C)C(=O)N[C@H](C)c1cc(F)c(C)c(F)c1.CCCc1cc(C(F)(F)F)ccc1/C=C(\C)C(=O)O.CCCc1cc(C(F)(F)F)ccc1C(=O)N(C)OC. The molecule has 2 amide bonds. The summed E-state index contributed by atoms with van der Waals surface area (Å²) >= 11 is 0. The van der Waals surface area contributed by atoms with Crippen LogP contribution in [0.5, 0.6) is 0 Å². The van der Waals surface area contributed by atoms with Crippen LogP contribution in [0.4, 0.5) is 48.3 Å². The molecule has 0 bridgehead atoms. The second-order valence-corrected chi connectivity index (χ2v) is 15.7. The summed E-state index contributed by atoms with van der Waals surface area (Å²) in [7, 11) is 2.73. The Labute approximate surface area is 388 Å². The molecule has 0 unspecified atom stereocenters. The van der Waals surface area contributed by atoms with Crippen molar-refractivity contribution >= 4 is 29.9 Å². The Bertz CT molecular complexity index is 2410. The van der Waals surface area contributed by atoms with Gasteiger partial charge >= 0.3 is 24.5 Å². The zero-order valence-corrected chi connectivity index (χ0v) is 39.0. The molecule has 0 radical (unpaired) electrons. The summed E-state index contributed by atoms with van der Waals surface area (Å²) in [5, 5.41) is 12.4. The predicted octanol–water partition coefficient (Wildman–Crippen LogP) is 14.0. The fourth-order valence-corrected chi connectivity index (χ4v) is 6.43. The van der Waals surface area contributed by atoms with E-state index in [-0.39, 0.29) is 27.8 Å². The smallest absolute Gasteiger partial charge is 0.416 e. The third kappa shape index (κ3) is 17.2. The van der Waals surface area contributed by atoms with Gasteiger partial charge in [-0.1, -0.05) is 52.2 Å². The minimum Gasteiger partial charge on any atom is -0.478 e. The van der Waals surface area contributed by atoms with Crippen LogP contribution in [-0.4, -0.2) is 42.1 Å². The Morgan fingerprint density at radius 2 is 1.04 bits per heavy atom. The molecule has 0 aliphatic rings. The minimum atomic E-state index is -4.44. The topological polar surface area (TPSA) is 95.9 Å². The molecule has 68 heavy (non-hydrogen) atoms. The van der Waals surface area contributed by atoms with Gasteiger partial charge < -0.3 is 10.4 Å². The first-order chi connectivity index (χ1) is 31.5. The van der Waals surface area contributed by atoms with Crippen molar-refractivity contribution in [2.45, 2.75) is 112 Å². The van der Waals surface area contributed by atoms with Crippen LogP contribution < -0.4 is 5.32 Å². The molecule has 0 saturated carbocycles. The number of carbonyl (C=O) groups excluding carboxylic acids is 2. The van der Waals surface area contributed by atoms with E-state index in [1.165, 1.54) is 65.3 Å². The molecule has 4 rings (SSSR count). The Balaban J connectivity index is 0.000000366. The molecule has 0 saturated heterocycles. The van der Waals surface area contributed by atoms with Crippen LogP contribution in [0.3, 0.4) is 0 Å². The quantitative estimate of drug-likeness (QED) is 0.0745. The zero-order chi connectivity index (χ0) is 51.9. The van der Waals surface area contributed by atoms with Gasteiger partial charge in [0.25, 0.3) is 5.91 Å². The van der Waals surface area contributed by atoms with E-state index in [0.717, 1.165) is 53.6 Å². The van der Waals surface area contributed by atoms with Gasteiger partial charge in [-0.3, -0.25) is 14.4 Å². The third-order valence-electron chi connectivity index (χ3n) is 10.3. The van der Waals surface area contributed by atoms with Crippen LogP contribution in [0.15, 0.2) is 77.9 Å². The number of amides is 2. The first-order valence-corrected chi connectivity index (χ1v) is 21.3. The number of halogens is 11. The van der Waals surface area contributed by atoms with Gasteiger partial charge in [0.15, 0.2) is 0 Å². The van der Waals surface area contributed by atoms with Gasteiger partial charge in [-0.05, 0) is 147 Å². The van der Waals surface area contributed by atoms with E-state index in [0.29, 0.717) is 66.3 Å². The average molecular weight is 973 g/mol. The van der Waals surface area contributed by atoms with E-state index in [2.05, 4.69) is 5.32 Å². The van der Waals surface area contributed by atoms with E-state index in [9.17, 15) is 62.7 Å². The van der Waals surface area contributed by atoms with Crippen molar-refractivity contribution in [1.82, 2.24) is 10.4 Å². The molecule has 372 valence electrons. The molecule has 0 aromatic heterocycles. The molecule has 0 fully saturated rings. The number of carboxylic acids is 1. The van der Waals surface area contributed by atoms with Crippen LogP contribution in [0.1, 0.15) is 133 Å². The zero-order valence-electron chi connectivity index (χ0n) is 39.0. The molecule has 4 aromatic rings. The molecule has 0 aliphatic heterocycles. The standard InChI is InChI=1S/C23H24F5NO.C14H15F3O2.C13H16F3NO2/c1-5-6-16-10-19(23(26,27)28)8-7-17(16)9-13(2)22(30)29-15(4)18-11-20(24)14(3)21(25)12-18;1-3-4-10-8-12(14(15,16)17)6-5-11(10)7-9(2)13(18)19;1-4-5-9-8-10(13(14,15)16)6-7-11(9)12(18)17(2)19-3/h7-12,15H,5-6H2,1-4H3,(H,29,30);5-8H,3-4H2,1-2H3,(H,18,19);6-8H,4-5H2,1-3H3/b13-9+;9-7+;/t15-;;/m1../s1. The lowest BCUT2D eigenvalue weighted by Gasteiger charge is -2.17. The second-order valence-electron chi connectivity index (χ2n) is 15.7. The molecule has 2 N–H and O–H groups in total. The lowest BCUT2D eigenvalue weighted by Crippen LogP contribution is -2.27. The van der Waals surface area contributed by atoms with Crippen molar-refractivity contribution in [3.63, 3.8) is 0 Å². The Morgan fingerprint density at radius 1 is 0.662 bits per heavy atom. The van der Waals surface area contributed by atoms with Gasteiger partial charge in [0, 0.05) is 29.3 Å². The van der Waals surface area contributed by atoms with Gasteiger partial charge in [-0.15, -0.1) is 0 Å². The molecule has 1 atom stereocenters. The number of nitrogens with one attached hydrogen (secondary N) is 1. The number of carbonyl (C=O) groups is 3. The number of alkyl halides is 9. The number of carboxylic acid groups (broad SMARTS) is 1. The van der Waals surface area contributed by atoms with Crippen LogP contribution in [-0.2, 0) is 52.2 Å². The van der Waals surface area contributed by atoms with Crippen LogP contribution >= 0.6 is 0 Å². The van der Waals surface area contributed by atoms with E-state index in [1.807, 2.05) is 20.8 Å². The molecule has 18 heteroatoms. The van der Waals surface area contributed by atoms with Crippen molar-refractivity contribution in [3.05, 3.63) is 151 Å². The first kappa shape index (κ1) is 58.1. The lowest BCUT2D eigenvalue weighted by atomic mass is 9.98. The number of aryl methyl sites for hydroxylation is 3. The Hall–Kier alpha value is -6.04. The number of hydroxylamine groups is 2. The van der Waals surface area contributed by atoms with Gasteiger partial charge in [-0.25, -0.2) is 18.6 Å². The maximum absolute atomic E-state index is 13.8. The number of benzene rings is 4. The normalized spacial score (nSPS) is 12.6. The fraction of sp³-hybridized carbons (Fsp3) is 0.380. The van der Waals surface area contributed by atoms with Crippen LogP contribution in [0.25, 0.3) is 12.2 Å². The van der Waals surface area contributed by atoms with Crippen LogP contribution in [0, 0.1) is 18.6 Å². The summed E-state index contributed by atoms with van der Waals surface area (Å²) < 4.78 is 142. The van der Waals surface area contributed by atoms with E-state index in [4.69, 9.17) is 9.94 Å². The van der Waals surface area contributed by atoms with E-state index < -0.39 is 70.7 Å². The average Bonchev–Trinajstić information content (AvgIpc) is 3.25. The highest BCUT2D eigenvalue weighted by atomic mass is 19.4. The largest absolute Gasteiger partial charge is 0.478 e. The van der Waals surface area contributed by atoms with E-state index >= 15 is 0 Å². The van der Waals surface area contributed by atoms with Gasteiger partial charge in [0.1, 0.15) is 11.6 Å². The minimum absolute atomic E-state index is 0.0945. The van der Waals surface area contributed by atoms with Gasteiger partial charge in [0.05, 0.1) is 29.8 Å². The highest BCUT2D eigenvalue weighted by molar-refractivity contribution is 5.97. The van der Waals surface area contributed by atoms with Gasteiger partial charge in [-0.2, -0.15) is 39.5 Å². The summed E-state index contributed by atoms with van der Waals surface area (Å²) in [5.41, 5.74) is 1.03. The summed E-state index contributed by atoms with van der Waals surface area (Å²) in [6.45, 7) is 11.4. The lowest BCUT2D eigenvalue weighted by molar-refractivity contribution is -0.138. The molecule has 4 aromatic carbocycles. The second kappa shape index (κ2) is 25.4. The Kier molecular flexibility index (Phi) is 21.7.